The Kier molecular flexibility index (Phi) is 16.0. The molecule has 0 spiro atoms. The maximum absolute atomic E-state index is 11.1. The average molecular weight is 543 g/mol. The molecule has 3 aromatic rings. The number of phenolic OH excluding ortho intramolecular Hbond substituents is 1. The molecule has 3 aromatic carbocycles. The van der Waals surface area contributed by atoms with Crippen molar-refractivity contribution in [3.8, 4) is 11.5 Å². The summed E-state index contributed by atoms with van der Waals surface area (Å²) in [4.78, 5) is 0. The van der Waals surface area contributed by atoms with Crippen LogP contribution in [0.25, 0.3) is 0 Å². The van der Waals surface area contributed by atoms with Crippen LogP contribution in [0.15, 0.2) is 72.8 Å². The van der Waals surface area contributed by atoms with Gasteiger partial charge in [0.05, 0.1) is 6.61 Å². The Morgan fingerprint density at radius 1 is 0.500 bits per heavy atom. The number of unbranched alkanes of at least 4 members (excludes halogenated alkanes) is 15. The molecule has 2 nitrogen and oxygen atoms in total. The molecule has 0 fully saturated rings. The first-order valence-corrected chi connectivity index (χ1v) is 16.3. The number of hydrogen-bond donors (Lipinski definition) is 1. The van der Waals surface area contributed by atoms with Gasteiger partial charge in [0.25, 0.3) is 0 Å². The van der Waals surface area contributed by atoms with Crippen LogP contribution in [0.3, 0.4) is 0 Å². The normalized spacial score (nSPS) is 11.1. The molecule has 0 aliphatic carbocycles. The Morgan fingerprint density at radius 3 is 1.27 bits per heavy atom. The van der Waals surface area contributed by atoms with E-state index in [4.69, 9.17) is 4.74 Å². The van der Waals surface area contributed by atoms with Crippen molar-refractivity contribution in [3.05, 3.63) is 95.1 Å². The summed E-state index contributed by atoms with van der Waals surface area (Å²) in [6.07, 6.45) is 23.4. The average Bonchev–Trinajstić information content (AvgIpc) is 2.98. The van der Waals surface area contributed by atoms with Gasteiger partial charge in [0, 0.05) is 24.0 Å². The number of hydrogen-bond acceptors (Lipinski definition) is 2. The zero-order valence-electron chi connectivity index (χ0n) is 25.2. The molecule has 218 valence electrons. The largest absolute Gasteiger partial charge is 0.507 e. The Balaban J connectivity index is 1.32. The zero-order valence-corrected chi connectivity index (χ0v) is 25.2. The highest BCUT2D eigenvalue weighted by Gasteiger charge is 2.12. The van der Waals surface area contributed by atoms with Crippen LogP contribution < -0.4 is 4.74 Å². The second-order valence-electron chi connectivity index (χ2n) is 11.6. The first-order chi connectivity index (χ1) is 19.8. The molecule has 0 saturated carbocycles. The summed E-state index contributed by atoms with van der Waals surface area (Å²) in [6, 6.07) is 24.8. The summed E-state index contributed by atoms with van der Waals surface area (Å²) in [5.74, 6) is 1.26. The number of rotatable bonds is 22. The van der Waals surface area contributed by atoms with Crippen molar-refractivity contribution < 1.29 is 9.84 Å². The van der Waals surface area contributed by atoms with Crippen molar-refractivity contribution in [1.82, 2.24) is 0 Å². The molecular weight excluding hydrogens is 488 g/mol. The number of ether oxygens (including phenoxy) is 1. The smallest absolute Gasteiger partial charge is 0.122 e. The van der Waals surface area contributed by atoms with Gasteiger partial charge in [0.1, 0.15) is 11.5 Å². The fraction of sp³-hybridized carbons (Fsp3) is 0.526. The molecule has 2 heteroatoms. The first kappa shape index (κ1) is 31.8. The molecule has 0 atom stereocenters. The van der Waals surface area contributed by atoms with E-state index in [0.29, 0.717) is 18.6 Å². The fourth-order valence-corrected chi connectivity index (χ4v) is 5.55. The maximum Gasteiger partial charge on any atom is 0.122 e. The molecule has 0 amide bonds. The van der Waals surface area contributed by atoms with E-state index in [0.717, 1.165) is 29.9 Å². The molecule has 0 radical (unpaired) electrons. The van der Waals surface area contributed by atoms with Crippen LogP contribution in [0.2, 0.25) is 0 Å². The summed E-state index contributed by atoms with van der Waals surface area (Å²) < 4.78 is 6.23. The lowest BCUT2D eigenvalue weighted by atomic mass is 9.97. The van der Waals surface area contributed by atoms with E-state index in [1.54, 1.807) is 0 Å². The van der Waals surface area contributed by atoms with Gasteiger partial charge in [-0.05, 0) is 29.7 Å². The molecule has 0 aliphatic rings. The Bertz CT molecular complexity index is 965. The summed E-state index contributed by atoms with van der Waals surface area (Å²) in [7, 11) is 0. The van der Waals surface area contributed by atoms with E-state index < -0.39 is 0 Å². The van der Waals surface area contributed by atoms with Crippen molar-refractivity contribution in [2.24, 2.45) is 0 Å². The topological polar surface area (TPSA) is 29.5 Å². The van der Waals surface area contributed by atoms with Gasteiger partial charge in [0.15, 0.2) is 0 Å². The van der Waals surface area contributed by atoms with Gasteiger partial charge in [-0.15, -0.1) is 0 Å². The van der Waals surface area contributed by atoms with Crippen LogP contribution in [-0.2, 0) is 12.8 Å². The van der Waals surface area contributed by atoms with Crippen molar-refractivity contribution in [2.75, 3.05) is 6.61 Å². The van der Waals surface area contributed by atoms with Crippen LogP contribution in [-0.4, -0.2) is 11.7 Å². The molecule has 40 heavy (non-hydrogen) atoms. The molecular formula is C38H54O2. The lowest BCUT2D eigenvalue weighted by Gasteiger charge is -2.15. The van der Waals surface area contributed by atoms with Gasteiger partial charge in [-0.2, -0.15) is 0 Å². The lowest BCUT2D eigenvalue weighted by molar-refractivity contribution is 0.303. The fourth-order valence-electron chi connectivity index (χ4n) is 5.55. The second-order valence-corrected chi connectivity index (χ2v) is 11.6. The molecule has 0 aromatic heterocycles. The minimum atomic E-state index is 0.391. The van der Waals surface area contributed by atoms with Gasteiger partial charge >= 0.3 is 0 Å². The standard InChI is InChI=1S/C38H54O2/c1-2-3-4-5-6-7-8-9-10-11-12-13-14-15-16-23-28-40-37-31-35(29-33-24-19-17-20-25-33)38(39)36(32-37)30-34-26-21-18-22-27-34/h17-22,24-27,31-32,39H,2-16,23,28-30H2,1H3. The number of aromatic hydroxyl groups is 1. The van der Waals surface area contributed by atoms with E-state index in [-0.39, 0.29) is 0 Å². The number of benzene rings is 3. The molecule has 0 bridgehead atoms. The van der Waals surface area contributed by atoms with Crippen LogP contribution in [0.4, 0.5) is 0 Å². The van der Waals surface area contributed by atoms with Crippen molar-refractivity contribution >= 4 is 0 Å². The van der Waals surface area contributed by atoms with E-state index in [1.165, 1.54) is 107 Å². The maximum atomic E-state index is 11.1. The Hall–Kier alpha value is -2.74. The summed E-state index contributed by atoms with van der Waals surface area (Å²) >= 11 is 0. The van der Waals surface area contributed by atoms with Crippen LogP contribution in [0.5, 0.6) is 11.5 Å². The van der Waals surface area contributed by atoms with E-state index in [9.17, 15) is 5.11 Å². The Labute approximate surface area is 245 Å². The predicted octanol–water partition coefficient (Wildman–Crippen LogP) is 11.2. The minimum Gasteiger partial charge on any atom is -0.507 e. The van der Waals surface area contributed by atoms with Gasteiger partial charge in [-0.25, -0.2) is 0 Å². The van der Waals surface area contributed by atoms with Crippen molar-refractivity contribution in [3.63, 3.8) is 0 Å². The minimum absolute atomic E-state index is 0.391. The summed E-state index contributed by atoms with van der Waals surface area (Å²) in [5, 5.41) is 11.1. The van der Waals surface area contributed by atoms with Gasteiger partial charge < -0.3 is 9.84 Å². The third-order valence-corrected chi connectivity index (χ3v) is 7.98. The monoisotopic (exact) mass is 542 g/mol. The molecule has 0 unspecified atom stereocenters. The highest BCUT2D eigenvalue weighted by molar-refractivity contribution is 5.50. The summed E-state index contributed by atoms with van der Waals surface area (Å²) in [6.45, 7) is 3.03. The highest BCUT2D eigenvalue weighted by Crippen LogP contribution is 2.32. The summed E-state index contributed by atoms with van der Waals surface area (Å²) in [5.41, 5.74) is 4.25. The van der Waals surface area contributed by atoms with Crippen molar-refractivity contribution in [2.45, 2.75) is 122 Å². The molecule has 1 N–H and O–H groups in total. The third-order valence-electron chi connectivity index (χ3n) is 7.98. The predicted molar refractivity (Wildman–Crippen MR) is 172 cm³/mol. The van der Waals surface area contributed by atoms with E-state index >= 15 is 0 Å². The van der Waals surface area contributed by atoms with Crippen LogP contribution in [0.1, 0.15) is 132 Å². The number of phenols is 1. The van der Waals surface area contributed by atoms with Crippen molar-refractivity contribution in [1.29, 1.82) is 0 Å². The molecule has 0 saturated heterocycles. The van der Waals surface area contributed by atoms with Gasteiger partial charge in [0.2, 0.25) is 0 Å². The zero-order chi connectivity index (χ0) is 28.1. The van der Waals surface area contributed by atoms with E-state index in [1.807, 2.05) is 24.3 Å². The first-order valence-electron chi connectivity index (χ1n) is 16.3. The van der Waals surface area contributed by atoms with E-state index in [2.05, 4.69) is 55.5 Å². The highest BCUT2D eigenvalue weighted by atomic mass is 16.5. The second kappa shape index (κ2) is 20.2. The van der Waals surface area contributed by atoms with Gasteiger partial charge in [-0.3, -0.25) is 0 Å². The lowest BCUT2D eigenvalue weighted by Crippen LogP contribution is -2.01. The van der Waals surface area contributed by atoms with Gasteiger partial charge in [-0.1, -0.05) is 164 Å². The SMILES string of the molecule is CCCCCCCCCCCCCCCCCCOc1cc(Cc2ccccc2)c(O)c(Cc2ccccc2)c1. The Morgan fingerprint density at radius 2 is 0.875 bits per heavy atom. The molecule has 3 rings (SSSR count). The third kappa shape index (κ3) is 13.1. The van der Waals surface area contributed by atoms with Crippen LogP contribution >= 0.6 is 0 Å². The molecule has 0 heterocycles. The van der Waals surface area contributed by atoms with Crippen LogP contribution in [0, 0.1) is 0 Å². The molecule has 0 aliphatic heterocycles. The quantitative estimate of drug-likeness (QED) is 0.128.